The molecule has 0 radical (unpaired) electrons. The molecule has 2 fully saturated rings. The van der Waals surface area contributed by atoms with Crippen LogP contribution in [0.3, 0.4) is 0 Å². The van der Waals surface area contributed by atoms with E-state index in [0.717, 1.165) is 18.3 Å². The standard InChI is InChI=1S/C14H26N2O2S/c1-3-19-13-5-4-12(10-13)15(2)11-14(17)16-6-8-18-9-7-16/h12-13H,3-11H2,1-2H3/t12-,13-/m1/s1. The molecule has 110 valence electrons. The maximum Gasteiger partial charge on any atom is 0.236 e. The molecule has 4 nitrogen and oxygen atoms in total. The van der Waals surface area contributed by atoms with Crippen LogP contribution in [0.1, 0.15) is 26.2 Å². The average Bonchev–Trinajstić information content (AvgIpc) is 2.89. The number of morpholine rings is 1. The first kappa shape index (κ1) is 15.1. The number of ether oxygens (including phenoxy) is 1. The predicted molar refractivity (Wildman–Crippen MR) is 79.6 cm³/mol. The Labute approximate surface area is 120 Å². The summed E-state index contributed by atoms with van der Waals surface area (Å²) < 4.78 is 5.29. The Morgan fingerprint density at radius 2 is 2.11 bits per heavy atom. The fraction of sp³-hybridized carbons (Fsp3) is 0.929. The van der Waals surface area contributed by atoms with E-state index in [1.54, 1.807) is 0 Å². The lowest BCUT2D eigenvalue weighted by Gasteiger charge is -2.30. The lowest BCUT2D eigenvalue weighted by atomic mass is 10.2. The topological polar surface area (TPSA) is 32.8 Å². The van der Waals surface area contributed by atoms with Crippen molar-refractivity contribution in [3.63, 3.8) is 0 Å². The summed E-state index contributed by atoms with van der Waals surface area (Å²) in [6.45, 7) is 5.68. The Kier molecular flexibility index (Phi) is 5.98. The quantitative estimate of drug-likeness (QED) is 0.766. The number of thioether (sulfide) groups is 1. The summed E-state index contributed by atoms with van der Waals surface area (Å²) >= 11 is 2.07. The maximum atomic E-state index is 12.2. The van der Waals surface area contributed by atoms with Gasteiger partial charge in [-0.05, 0) is 32.1 Å². The molecule has 2 aliphatic rings. The largest absolute Gasteiger partial charge is 0.378 e. The van der Waals surface area contributed by atoms with Crippen molar-refractivity contribution in [3.8, 4) is 0 Å². The Bertz CT molecular complexity index is 295. The molecule has 5 heteroatoms. The highest BCUT2D eigenvalue weighted by atomic mass is 32.2. The minimum atomic E-state index is 0.261. The summed E-state index contributed by atoms with van der Waals surface area (Å²) in [6, 6.07) is 0.592. The first-order chi connectivity index (χ1) is 9.20. The monoisotopic (exact) mass is 286 g/mol. The van der Waals surface area contributed by atoms with E-state index in [-0.39, 0.29) is 5.91 Å². The van der Waals surface area contributed by atoms with Crippen LogP contribution in [0.2, 0.25) is 0 Å². The van der Waals surface area contributed by atoms with Crippen LogP contribution in [-0.2, 0) is 9.53 Å². The molecule has 1 heterocycles. The minimum absolute atomic E-state index is 0.261. The van der Waals surface area contributed by atoms with Gasteiger partial charge in [0.15, 0.2) is 0 Å². The number of hydrogen-bond acceptors (Lipinski definition) is 4. The van der Waals surface area contributed by atoms with Crippen LogP contribution in [0.5, 0.6) is 0 Å². The Morgan fingerprint density at radius 3 is 2.79 bits per heavy atom. The van der Waals surface area contributed by atoms with Crippen molar-refractivity contribution in [2.24, 2.45) is 0 Å². The summed E-state index contributed by atoms with van der Waals surface area (Å²) in [5.41, 5.74) is 0. The van der Waals surface area contributed by atoms with Gasteiger partial charge in [-0.25, -0.2) is 0 Å². The number of rotatable bonds is 5. The maximum absolute atomic E-state index is 12.2. The molecular weight excluding hydrogens is 260 g/mol. The van der Waals surface area contributed by atoms with Gasteiger partial charge < -0.3 is 9.64 Å². The first-order valence-corrected chi connectivity index (χ1v) is 8.43. The van der Waals surface area contributed by atoms with Crippen LogP contribution >= 0.6 is 11.8 Å². The molecule has 0 aromatic heterocycles. The second-order valence-electron chi connectivity index (χ2n) is 5.45. The second-order valence-corrected chi connectivity index (χ2v) is 7.03. The zero-order valence-corrected chi connectivity index (χ0v) is 13.0. The van der Waals surface area contributed by atoms with Gasteiger partial charge in [0, 0.05) is 24.4 Å². The summed E-state index contributed by atoms with van der Waals surface area (Å²) in [5, 5.41) is 0.802. The number of amides is 1. The molecule has 0 N–H and O–H groups in total. The highest BCUT2D eigenvalue weighted by Crippen LogP contribution is 2.32. The normalized spacial score (nSPS) is 28.1. The number of hydrogen-bond donors (Lipinski definition) is 0. The summed E-state index contributed by atoms with van der Waals surface area (Å²) in [6.07, 6.45) is 3.79. The van der Waals surface area contributed by atoms with Crippen LogP contribution in [0, 0.1) is 0 Å². The molecule has 1 amide bonds. The third-order valence-corrected chi connectivity index (χ3v) is 5.36. The van der Waals surface area contributed by atoms with Gasteiger partial charge in [0.1, 0.15) is 0 Å². The molecule has 2 atom stereocenters. The van der Waals surface area contributed by atoms with Crippen molar-refractivity contribution in [2.45, 2.75) is 37.5 Å². The van der Waals surface area contributed by atoms with Crippen molar-refractivity contribution in [2.75, 3.05) is 45.6 Å². The lowest BCUT2D eigenvalue weighted by molar-refractivity contribution is -0.136. The zero-order valence-electron chi connectivity index (χ0n) is 12.1. The number of carbonyl (C=O) groups excluding carboxylic acids is 1. The van der Waals surface area contributed by atoms with E-state index in [1.165, 1.54) is 25.0 Å². The van der Waals surface area contributed by atoms with Gasteiger partial charge >= 0.3 is 0 Å². The summed E-state index contributed by atoms with van der Waals surface area (Å²) in [4.78, 5) is 16.4. The van der Waals surface area contributed by atoms with Crippen molar-refractivity contribution in [1.29, 1.82) is 0 Å². The van der Waals surface area contributed by atoms with Crippen molar-refractivity contribution in [1.82, 2.24) is 9.80 Å². The van der Waals surface area contributed by atoms with Crippen molar-refractivity contribution in [3.05, 3.63) is 0 Å². The molecule has 2 rings (SSSR count). The molecule has 0 unspecified atom stereocenters. The lowest BCUT2D eigenvalue weighted by Crippen LogP contribution is -2.46. The third kappa shape index (κ3) is 4.36. The molecule has 0 bridgehead atoms. The summed E-state index contributed by atoms with van der Waals surface area (Å²) in [7, 11) is 2.10. The molecule has 19 heavy (non-hydrogen) atoms. The smallest absolute Gasteiger partial charge is 0.236 e. The number of likely N-dealkylation sites (N-methyl/N-ethyl adjacent to an activating group) is 1. The van der Waals surface area contributed by atoms with Gasteiger partial charge in [-0.2, -0.15) is 11.8 Å². The van der Waals surface area contributed by atoms with Gasteiger partial charge in [-0.15, -0.1) is 0 Å². The molecule has 1 saturated carbocycles. The average molecular weight is 286 g/mol. The molecule has 1 saturated heterocycles. The van der Waals surface area contributed by atoms with Gasteiger partial charge in [0.25, 0.3) is 0 Å². The zero-order chi connectivity index (χ0) is 13.7. The van der Waals surface area contributed by atoms with E-state index in [2.05, 4.69) is 30.6 Å². The van der Waals surface area contributed by atoms with Crippen molar-refractivity contribution >= 4 is 17.7 Å². The van der Waals surface area contributed by atoms with E-state index < -0.39 is 0 Å². The van der Waals surface area contributed by atoms with Crippen LogP contribution in [0.15, 0.2) is 0 Å². The van der Waals surface area contributed by atoms with Crippen LogP contribution in [0.4, 0.5) is 0 Å². The molecule has 0 aromatic carbocycles. The molecular formula is C14H26N2O2S. The van der Waals surface area contributed by atoms with Crippen LogP contribution in [-0.4, -0.2) is 72.6 Å². The van der Waals surface area contributed by atoms with E-state index in [1.807, 2.05) is 4.90 Å². The Morgan fingerprint density at radius 1 is 1.37 bits per heavy atom. The van der Waals surface area contributed by atoms with E-state index >= 15 is 0 Å². The summed E-state index contributed by atoms with van der Waals surface area (Å²) in [5.74, 6) is 1.46. The van der Waals surface area contributed by atoms with Gasteiger partial charge in [0.2, 0.25) is 5.91 Å². The fourth-order valence-corrected chi connectivity index (χ4v) is 4.09. The fourth-order valence-electron chi connectivity index (χ4n) is 2.96. The highest BCUT2D eigenvalue weighted by Gasteiger charge is 2.29. The molecule has 0 aromatic rings. The Hall–Kier alpha value is -0.260. The van der Waals surface area contributed by atoms with Gasteiger partial charge in [-0.3, -0.25) is 9.69 Å². The molecule has 1 aliphatic carbocycles. The van der Waals surface area contributed by atoms with Crippen molar-refractivity contribution < 1.29 is 9.53 Å². The van der Waals surface area contributed by atoms with E-state index in [4.69, 9.17) is 4.74 Å². The molecule has 0 spiro atoms. The molecule has 1 aliphatic heterocycles. The predicted octanol–water partition coefficient (Wildman–Crippen LogP) is 1.45. The minimum Gasteiger partial charge on any atom is -0.378 e. The van der Waals surface area contributed by atoms with Gasteiger partial charge in [0.05, 0.1) is 19.8 Å². The SMILES string of the molecule is CCS[C@@H]1CC[C@@H](N(C)CC(=O)N2CCOCC2)C1. The highest BCUT2D eigenvalue weighted by molar-refractivity contribution is 7.99. The Balaban J connectivity index is 1.74. The number of carbonyl (C=O) groups is 1. The van der Waals surface area contributed by atoms with Crippen LogP contribution < -0.4 is 0 Å². The second kappa shape index (κ2) is 7.50. The van der Waals surface area contributed by atoms with Gasteiger partial charge in [-0.1, -0.05) is 6.92 Å². The first-order valence-electron chi connectivity index (χ1n) is 7.38. The number of nitrogens with zero attached hydrogens (tertiary/aromatic N) is 2. The van der Waals surface area contributed by atoms with Crippen LogP contribution in [0.25, 0.3) is 0 Å². The van der Waals surface area contributed by atoms with E-state index in [0.29, 0.717) is 25.8 Å². The van der Waals surface area contributed by atoms with E-state index in [9.17, 15) is 4.79 Å². The third-order valence-electron chi connectivity index (χ3n) is 4.13.